The van der Waals surface area contributed by atoms with Gasteiger partial charge in [0.05, 0.1) is 26.0 Å². The molecule has 2 saturated heterocycles. The van der Waals surface area contributed by atoms with Crippen LogP contribution >= 0.6 is 0 Å². The molecule has 4 nitrogen and oxygen atoms in total. The lowest BCUT2D eigenvalue weighted by molar-refractivity contribution is 0.0677. The number of likely N-dealkylation sites (tertiary alicyclic amines) is 1. The quantitative estimate of drug-likeness (QED) is 0.840. The fraction of sp³-hybridized carbons (Fsp3) is 0.688. The Morgan fingerprint density at radius 2 is 2.40 bits per heavy atom. The van der Waals surface area contributed by atoms with Crippen molar-refractivity contribution in [3.63, 3.8) is 0 Å². The Morgan fingerprint density at radius 3 is 3.15 bits per heavy atom. The van der Waals surface area contributed by atoms with Crippen LogP contribution in [0.1, 0.15) is 19.3 Å². The third-order valence-corrected chi connectivity index (χ3v) is 5.30. The van der Waals surface area contributed by atoms with Gasteiger partial charge in [-0.05, 0) is 25.0 Å². The molecule has 0 unspecified atom stereocenters. The normalized spacial score (nSPS) is 33.9. The van der Waals surface area contributed by atoms with Gasteiger partial charge in [0.25, 0.3) is 0 Å². The van der Waals surface area contributed by atoms with Crippen molar-refractivity contribution in [2.24, 2.45) is 11.3 Å². The Hall–Kier alpha value is -1.13. The molecule has 1 saturated carbocycles. The van der Waals surface area contributed by atoms with E-state index in [0.29, 0.717) is 5.92 Å². The molecule has 3 heterocycles. The molecule has 4 heteroatoms. The molecule has 0 bridgehead atoms. The van der Waals surface area contributed by atoms with E-state index in [-0.39, 0.29) is 5.41 Å². The molecule has 0 spiro atoms. The summed E-state index contributed by atoms with van der Waals surface area (Å²) in [5.41, 5.74) is 0.200. The van der Waals surface area contributed by atoms with Gasteiger partial charge >= 0.3 is 0 Å². The van der Waals surface area contributed by atoms with Crippen LogP contribution in [0.15, 0.2) is 24.5 Å². The van der Waals surface area contributed by atoms with Crippen LogP contribution in [0.2, 0.25) is 0 Å². The summed E-state index contributed by atoms with van der Waals surface area (Å²) in [6, 6.07) is 4.73. The molecule has 108 valence electrons. The maximum atomic E-state index is 6.01. The third kappa shape index (κ3) is 2.11. The molecule has 1 aromatic rings. The summed E-state index contributed by atoms with van der Waals surface area (Å²) in [5.74, 6) is 1.51. The van der Waals surface area contributed by atoms with Gasteiger partial charge in [0, 0.05) is 36.7 Å². The standard InChI is InChI=1S/C16H22N2O2/c1-3-14(4-1)18-8-13-9-19-11-16(13,10-18)12-20-15-5-2-6-17-7-15/h2,5-7,13-14H,1,3-4,8-12H2/t13-,16+/m1/s1. The van der Waals surface area contributed by atoms with E-state index in [9.17, 15) is 0 Å². The predicted octanol–water partition coefficient (Wildman–Crippen LogP) is 1.96. The highest BCUT2D eigenvalue weighted by Gasteiger charge is 2.52. The fourth-order valence-corrected chi connectivity index (χ4v) is 3.77. The first-order valence-electron chi connectivity index (χ1n) is 7.70. The second-order valence-electron chi connectivity index (χ2n) is 6.57. The Bertz CT molecular complexity index is 463. The van der Waals surface area contributed by atoms with Gasteiger partial charge in [0.1, 0.15) is 5.75 Å². The number of ether oxygens (including phenoxy) is 2. The van der Waals surface area contributed by atoms with Crippen molar-refractivity contribution in [3.05, 3.63) is 24.5 Å². The molecule has 0 aromatic carbocycles. The van der Waals surface area contributed by atoms with E-state index >= 15 is 0 Å². The van der Waals surface area contributed by atoms with Gasteiger partial charge in [-0.2, -0.15) is 0 Å². The van der Waals surface area contributed by atoms with Gasteiger partial charge < -0.3 is 9.47 Å². The Kier molecular flexibility index (Phi) is 3.15. The molecule has 2 aliphatic heterocycles. The fourth-order valence-electron chi connectivity index (χ4n) is 3.77. The molecule has 0 radical (unpaired) electrons. The second-order valence-corrected chi connectivity index (χ2v) is 6.57. The van der Waals surface area contributed by atoms with Crippen LogP contribution in [0, 0.1) is 11.3 Å². The topological polar surface area (TPSA) is 34.6 Å². The molecule has 1 aliphatic carbocycles. The number of hydrogen-bond acceptors (Lipinski definition) is 4. The van der Waals surface area contributed by atoms with Gasteiger partial charge in [-0.15, -0.1) is 0 Å². The zero-order chi connectivity index (χ0) is 13.4. The van der Waals surface area contributed by atoms with Crippen molar-refractivity contribution in [2.45, 2.75) is 25.3 Å². The minimum atomic E-state index is 0.200. The largest absolute Gasteiger partial charge is 0.491 e. The van der Waals surface area contributed by atoms with E-state index in [1.54, 1.807) is 12.4 Å². The summed E-state index contributed by atoms with van der Waals surface area (Å²) in [5, 5.41) is 0. The molecule has 20 heavy (non-hydrogen) atoms. The highest BCUT2D eigenvalue weighted by Crippen LogP contribution is 2.44. The summed E-state index contributed by atoms with van der Waals surface area (Å²) in [6.07, 6.45) is 7.74. The predicted molar refractivity (Wildman–Crippen MR) is 75.7 cm³/mol. The van der Waals surface area contributed by atoms with Gasteiger partial charge in [-0.3, -0.25) is 9.88 Å². The Morgan fingerprint density at radius 1 is 1.45 bits per heavy atom. The van der Waals surface area contributed by atoms with Crippen LogP contribution in [-0.2, 0) is 4.74 Å². The number of nitrogens with zero attached hydrogens (tertiary/aromatic N) is 2. The van der Waals surface area contributed by atoms with Gasteiger partial charge in [0.2, 0.25) is 0 Å². The van der Waals surface area contributed by atoms with Crippen molar-refractivity contribution in [2.75, 3.05) is 32.9 Å². The van der Waals surface area contributed by atoms with Crippen molar-refractivity contribution in [1.82, 2.24) is 9.88 Å². The maximum Gasteiger partial charge on any atom is 0.137 e. The second kappa shape index (κ2) is 5.01. The zero-order valence-corrected chi connectivity index (χ0v) is 11.8. The lowest BCUT2D eigenvalue weighted by Crippen LogP contribution is -2.42. The smallest absolute Gasteiger partial charge is 0.137 e. The first-order valence-corrected chi connectivity index (χ1v) is 7.70. The van der Waals surface area contributed by atoms with E-state index < -0.39 is 0 Å². The lowest BCUT2D eigenvalue weighted by atomic mass is 9.82. The van der Waals surface area contributed by atoms with E-state index in [4.69, 9.17) is 9.47 Å². The first kappa shape index (κ1) is 12.6. The Balaban J connectivity index is 1.44. The van der Waals surface area contributed by atoms with Crippen LogP contribution in [0.25, 0.3) is 0 Å². The highest BCUT2D eigenvalue weighted by atomic mass is 16.5. The third-order valence-electron chi connectivity index (χ3n) is 5.30. The average molecular weight is 274 g/mol. The van der Waals surface area contributed by atoms with Crippen molar-refractivity contribution in [3.8, 4) is 5.75 Å². The van der Waals surface area contributed by atoms with Gasteiger partial charge in [-0.25, -0.2) is 0 Å². The summed E-state index contributed by atoms with van der Waals surface area (Å²) in [7, 11) is 0. The van der Waals surface area contributed by atoms with E-state index in [1.807, 2.05) is 12.1 Å². The monoisotopic (exact) mass is 274 g/mol. The van der Waals surface area contributed by atoms with Crippen LogP contribution in [0.3, 0.4) is 0 Å². The van der Waals surface area contributed by atoms with Gasteiger partial charge in [0.15, 0.2) is 0 Å². The number of aromatic nitrogens is 1. The molecule has 2 atom stereocenters. The van der Waals surface area contributed by atoms with E-state index in [2.05, 4.69) is 9.88 Å². The van der Waals surface area contributed by atoms with E-state index in [0.717, 1.165) is 38.2 Å². The van der Waals surface area contributed by atoms with Crippen molar-refractivity contribution >= 4 is 0 Å². The molecule has 0 N–H and O–H groups in total. The van der Waals surface area contributed by atoms with Crippen molar-refractivity contribution in [1.29, 1.82) is 0 Å². The number of pyridine rings is 1. The van der Waals surface area contributed by atoms with Crippen LogP contribution in [0.4, 0.5) is 0 Å². The molecule has 1 aromatic heterocycles. The van der Waals surface area contributed by atoms with Crippen molar-refractivity contribution < 1.29 is 9.47 Å². The first-order chi connectivity index (χ1) is 9.86. The minimum absolute atomic E-state index is 0.200. The summed E-state index contributed by atoms with van der Waals surface area (Å²) >= 11 is 0. The minimum Gasteiger partial charge on any atom is -0.491 e. The zero-order valence-electron chi connectivity index (χ0n) is 11.8. The molecule has 0 amide bonds. The Labute approximate surface area is 120 Å². The van der Waals surface area contributed by atoms with Gasteiger partial charge in [-0.1, -0.05) is 6.42 Å². The SMILES string of the molecule is c1cncc(OC[C@]23COC[C@H]2CN(C2CCC2)C3)c1. The van der Waals surface area contributed by atoms with Crippen LogP contribution in [-0.4, -0.2) is 48.8 Å². The summed E-state index contributed by atoms with van der Waals surface area (Å²) in [6.45, 7) is 4.84. The van der Waals surface area contributed by atoms with Crippen LogP contribution in [0.5, 0.6) is 5.75 Å². The molecule has 4 rings (SSSR count). The molecular weight excluding hydrogens is 252 g/mol. The highest BCUT2D eigenvalue weighted by molar-refractivity contribution is 5.16. The lowest BCUT2D eigenvalue weighted by Gasteiger charge is -2.36. The molecule has 3 fully saturated rings. The molecular formula is C16H22N2O2. The average Bonchev–Trinajstić information content (AvgIpc) is 2.93. The molecule has 3 aliphatic rings. The van der Waals surface area contributed by atoms with E-state index in [1.165, 1.54) is 25.8 Å². The maximum absolute atomic E-state index is 6.01. The van der Waals surface area contributed by atoms with Crippen LogP contribution < -0.4 is 4.74 Å². The summed E-state index contributed by atoms with van der Waals surface area (Å²) in [4.78, 5) is 6.80. The number of fused-ring (bicyclic) bond motifs is 1. The summed E-state index contributed by atoms with van der Waals surface area (Å²) < 4.78 is 11.8. The number of hydrogen-bond donors (Lipinski definition) is 0. The number of rotatable bonds is 4.